The highest BCUT2D eigenvalue weighted by atomic mass is 16.6. The van der Waals surface area contributed by atoms with Crippen molar-refractivity contribution in [2.45, 2.75) is 57.2 Å². The first-order valence-corrected chi connectivity index (χ1v) is 6.47. The molecule has 2 fully saturated rings. The van der Waals surface area contributed by atoms with Gasteiger partial charge in [0.15, 0.2) is 0 Å². The van der Waals surface area contributed by atoms with Crippen molar-refractivity contribution < 1.29 is 14.6 Å². The van der Waals surface area contributed by atoms with Crippen LogP contribution in [0.4, 0.5) is 0 Å². The van der Waals surface area contributed by atoms with Crippen molar-refractivity contribution in [1.82, 2.24) is 0 Å². The molecular weight excluding hydrogens is 216 g/mol. The summed E-state index contributed by atoms with van der Waals surface area (Å²) in [6.45, 7) is 7.38. The van der Waals surface area contributed by atoms with Crippen LogP contribution >= 0.6 is 0 Å². The lowest BCUT2D eigenvalue weighted by molar-refractivity contribution is -0.201. The summed E-state index contributed by atoms with van der Waals surface area (Å²) in [7, 11) is 0. The Morgan fingerprint density at radius 2 is 2.24 bits per heavy atom. The van der Waals surface area contributed by atoms with Crippen molar-refractivity contribution in [3.05, 3.63) is 12.7 Å². The monoisotopic (exact) mass is 238 g/mol. The molecule has 1 N–H and O–H groups in total. The number of hydrogen-bond acceptors (Lipinski definition) is 3. The standard InChI is InChI=1S/C14H22O3/c1-4-12(15)17-13(3)8-11-6-5-7-14(16,9-11)10(13)2/h4,10-11,16H,1,5-9H2,2-3H3. The normalized spacial score (nSPS) is 45.1. The Hall–Kier alpha value is -0.830. The second kappa shape index (κ2) is 4.13. The first-order valence-electron chi connectivity index (χ1n) is 6.47. The van der Waals surface area contributed by atoms with Gasteiger partial charge in [-0.1, -0.05) is 26.3 Å². The number of esters is 1. The Balaban J connectivity index is 2.22. The largest absolute Gasteiger partial charge is 0.456 e. The summed E-state index contributed by atoms with van der Waals surface area (Å²) in [5.41, 5.74) is -1.21. The lowest BCUT2D eigenvalue weighted by Crippen LogP contribution is -2.58. The van der Waals surface area contributed by atoms with Crippen LogP contribution in [0.3, 0.4) is 0 Å². The fourth-order valence-corrected chi connectivity index (χ4v) is 3.69. The minimum Gasteiger partial charge on any atom is -0.456 e. The lowest BCUT2D eigenvalue weighted by atomic mass is 9.58. The molecule has 3 heteroatoms. The molecule has 2 rings (SSSR count). The first-order chi connectivity index (χ1) is 7.89. The second-order valence-electron chi connectivity index (χ2n) is 5.93. The molecule has 0 heterocycles. The average Bonchev–Trinajstić information content (AvgIpc) is 2.26. The van der Waals surface area contributed by atoms with Gasteiger partial charge in [0.05, 0.1) is 5.60 Å². The summed E-state index contributed by atoms with van der Waals surface area (Å²) in [6.07, 6.45) is 5.96. The number of carbonyl (C=O) groups is 1. The lowest BCUT2D eigenvalue weighted by Gasteiger charge is -2.54. The maximum atomic E-state index is 11.4. The summed E-state index contributed by atoms with van der Waals surface area (Å²) in [4.78, 5) is 11.4. The molecular formula is C14H22O3. The molecule has 96 valence electrons. The van der Waals surface area contributed by atoms with E-state index >= 15 is 0 Å². The fraction of sp³-hybridized carbons (Fsp3) is 0.786. The first kappa shape index (κ1) is 12.6. The molecule has 0 aromatic rings. The maximum absolute atomic E-state index is 11.4. The maximum Gasteiger partial charge on any atom is 0.330 e. The number of fused-ring (bicyclic) bond motifs is 2. The van der Waals surface area contributed by atoms with Gasteiger partial charge < -0.3 is 9.84 Å². The van der Waals surface area contributed by atoms with Crippen LogP contribution in [0.25, 0.3) is 0 Å². The van der Waals surface area contributed by atoms with E-state index in [0.717, 1.165) is 32.1 Å². The summed E-state index contributed by atoms with van der Waals surface area (Å²) in [5.74, 6) is 0.0749. The topological polar surface area (TPSA) is 46.5 Å². The zero-order chi connectivity index (χ0) is 12.7. The summed E-state index contributed by atoms with van der Waals surface area (Å²) in [6, 6.07) is 0. The van der Waals surface area contributed by atoms with E-state index in [1.807, 2.05) is 13.8 Å². The Bertz CT molecular complexity index is 338. The number of hydrogen-bond donors (Lipinski definition) is 1. The molecule has 0 aromatic carbocycles. The zero-order valence-electron chi connectivity index (χ0n) is 10.7. The Kier molecular flexibility index (Phi) is 3.06. The third kappa shape index (κ3) is 2.13. The molecule has 17 heavy (non-hydrogen) atoms. The highest BCUT2D eigenvalue weighted by Crippen LogP contribution is 2.51. The molecule has 0 amide bonds. The van der Waals surface area contributed by atoms with Gasteiger partial charge in [0, 0.05) is 12.0 Å². The molecule has 0 radical (unpaired) electrons. The second-order valence-corrected chi connectivity index (χ2v) is 5.93. The van der Waals surface area contributed by atoms with Crippen LogP contribution in [0.15, 0.2) is 12.7 Å². The van der Waals surface area contributed by atoms with E-state index in [9.17, 15) is 9.90 Å². The van der Waals surface area contributed by atoms with Crippen molar-refractivity contribution in [1.29, 1.82) is 0 Å². The smallest absolute Gasteiger partial charge is 0.330 e. The van der Waals surface area contributed by atoms with Crippen LogP contribution in [-0.4, -0.2) is 22.3 Å². The molecule has 2 aliphatic rings. The van der Waals surface area contributed by atoms with Gasteiger partial charge in [0.2, 0.25) is 0 Å². The molecule has 0 aliphatic heterocycles. The quantitative estimate of drug-likeness (QED) is 0.593. The van der Waals surface area contributed by atoms with Gasteiger partial charge in [0.25, 0.3) is 0 Å². The van der Waals surface area contributed by atoms with E-state index in [4.69, 9.17) is 4.74 Å². The van der Waals surface area contributed by atoms with Crippen molar-refractivity contribution >= 4 is 5.97 Å². The summed E-state index contributed by atoms with van der Waals surface area (Å²) < 4.78 is 5.52. The van der Waals surface area contributed by atoms with Gasteiger partial charge in [-0.2, -0.15) is 0 Å². The minimum atomic E-state index is -0.655. The predicted octanol–water partition coefficient (Wildman–Crippen LogP) is 2.44. The number of aliphatic hydroxyl groups is 1. The van der Waals surface area contributed by atoms with E-state index < -0.39 is 11.2 Å². The van der Waals surface area contributed by atoms with E-state index in [1.165, 1.54) is 6.08 Å². The van der Waals surface area contributed by atoms with Gasteiger partial charge in [0.1, 0.15) is 5.60 Å². The highest BCUT2D eigenvalue weighted by molar-refractivity contribution is 5.81. The number of rotatable bonds is 2. The van der Waals surface area contributed by atoms with Gasteiger partial charge >= 0.3 is 5.97 Å². The Morgan fingerprint density at radius 3 is 2.88 bits per heavy atom. The fourth-order valence-electron chi connectivity index (χ4n) is 3.69. The Labute approximate surface area is 103 Å². The van der Waals surface area contributed by atoms with E-state index in [1.54, 1.807) is 0 Å². The third-order valence-electron chi connectivity index (χ3n) is 4.78. The van der Waals surface area contributed by atoms with Crippen LogP contribution in [0.1, 0.15) is 46.0 Å². The van der Waals surface area contributed by atoms with Crippen LogP contribution in [-0.2, 0) is 9.53 Å². The third-order valence-corrected chi connectivity index (χ3v) is 4.78. The molecule has 0 aromatic heterocycles. The minimum absolute atomic E-state index is 0.0181. The van der Waals surface area contributed by atoms with Crippen LogP contribution in [0.5, 0.6) is 0 Å². The molecule has 0 saturated heterocycles. The average molecular weight is 238 g/mol. The highest BCUT2D eigenvalue weighted by Gasteiger charge is 2.54. The van der Waals surface area contributed by atoms with E-state index in [-0.39, 0.29) is 11.9 Å². The van der Waals surface area contributed by atoms with Crippen LogP contribution in [0, 0.1) is 11.8 Å². The SMILES string of the molecule is C=CC(=O)OC1(C)CC2CCCC(O)(C2)C1C. The van der Waals surface area contributed by atoms with Gasteiger partial charge in [-0.3, -0.25) is 0 Å². The predicted molar refractivity (Wildman–Crippen MR) is 65.4 cm³/mol. The van der Waals surface area contributed by atoms with Gasteiger partial charge in [-0.15, -0.1) is 0 Å². The van der Waals surface area contributed by atoms with Gasteiger partial charge in [-0.05, 0) is 32.1 Å². The molecule has 0 spiro atoms. The zero-order valence-corrected chi connectivity index (χ0v) is 10.7. The molecule has 2 saturated carbocycles. The van der Waals surface area contributed by atoms with Gasteiger partial charge in [-0.25, -0.2) is 4.79 Å². The van der Waals surface area contributed by atoms with Crippen molar-refractivity contribution in [3.63, 3.8) is 0 Å². The van der Waals surface area contributed by atoms with E-state index in [0.29, 0.717) is 5.92 Å². The molecule has 3 nitrogen and oxygen atoms in total. The summed E-state index contributed by atoms with van der Waals surface area (Å²) >= 11 is 0. The number of ether oxygens (including phenoxy) is 1. The number of carbonyl (C=O) groups excluding carboxylic acids is 1. The van der Waals surface area contributed by atoms with Crippen molar-refractivity contribution in [3.8, 4) is 0 Å². The van der Waals surface area contributed by atoms with Crippen LogP contribution in [0.2, 0.25) is 0 Å². The van der Waals surface area contributed by atoms with Crippen molar-refractivity contribution in [2.24, 2.45) is 11.8 Å². The summed E-state index contributed by atoms with van der Waals surface area (Å²) in [5, 5.41) is 10.7. The molecule has 4 unspecified atom stereocenters. The molecule has 2 bridgehead atoms. The Morgan fingerprint density at radius 1 is 1.53 bits per heavy atom. The van der Waals surface area contributed by atoms with E-state index in [2.05, 4.69) is 6.58 Å². The van der Waals surface area contributed by atoms with Crippen molar-refractivity contribution in [2.75, 3.05) is 0 Å². The molecule has 4 atom stereocenters. The van der Waals surface area contributed by atoms with Crippen LogP contribution < -0.4 is 0 Å². The molecule has 2 aliphatic carbocycles.